The van der Waals surface area contributed by atoms with Crippen molar-refractivity contribution >= 4 is 0 Å². The van der Waals surface area contributed by atoms with Gasteiger partial charge in [-0.3, -0.25) is 0 Å². The van der Waals surface area contributed by atoms with Crippen LogP contribution in [0.15, 0.2) is 0 Å². The van der Waals surface area contributed by atoms with Crippen molar-refractivity contribution in [1.82, 2.24) is 0 Å². The molecule has 0 aromatic rings. The number of rotatable bonds is 0. The highest BCUT2D eigenvalue weighted by Gasteiger charge is -0.0735. The molecule has 0 aromatic carbocycles. The van der Waals surface area contributed by atoms with Crippen molar-refractivity contribution in [3.63, 3.8) is 0 Å². The van der Waals surface area contributed by atoms with Crippen LogP contribution in [0.4, 0.5) is 0 Å². The predicted molar refractivity (Wildman–Crippen MR) is 50.2 cm³/mol. The van der Waals surface area contributed by atoms with Crippen LogP contribution in [-0.2, 0) is 0 Å². The second kappa shape index (κ2) is 14300. The van der Waals surface area contributed by atoms with Crippen molar-refractivity contribution in [3.8, 4) is 0 Å². The lowest BCUT2D eigenvalue weighted by molar-refractivity contribution is 0.823. The van der Waals surface area contributed by atoms with Crippen molar-refractivity contribution in [2.45, 2.75) is 37.1 Å². The maximum atomic E-state index is 0. The Balaban J connectivity index is 0. The lowest BCUT2D eigenvalue weighted by atomic mass is 12.0. The molecular weight excluding hydrogens is 124 g/mol. The van der Waals surface area contributed by atoms with Gasteiger partial charge in [-0.15, -0.1) is 0 Å². The monoisotopic (exact) mass is 154 g/mol. The summed E-state index contributed by atoms with van der Waals surface area (Å²) in [4.78, 5) is 0. The van der Waals surface area contributed by atoms with Gasteiger partial charge in [-0.05, 0) is 0 Å². The van der Waals surface area contributed by atoms with E-state index in [1.807, 2.05) is 0 Å². The molecule has 4 heteroatoms. The Morgan fingerprint density at radius 1 is 0.333 bits per heavy atom. The highest BCUT2D eigenvalue weighted by molar-refractivity contribution is 2.51. The third-order valence-corrected chi connectivity index (χ3v) is 0. The summed E-state index contributed by atoms with van der Waals surface area (Å²) in [5, 5.41) is 0. The fourth-order valence-corrected chi connectivity index (χ4v) is 0. The molecule has 9 heavy (non-hydrogen) atoms. The van der Waals surface area contributed by atoms with Crippen LogP contribution in [0.3, 0.4) is 0 Å². The van der Waals surface area contributed by atoms with Crippen LogP contribution < -0.4 is 0 Å². The van der Waals surface area contributed by atoms with Gasteiger partial charge in [0.05, 0.1) is 0 Å². The Morgan fingerprint density at radius 2 is 0.333 bits per heavy atom. The molecule has 0 saturated carbocycles. The van der Waals surface area contributed by atoms with Gasteiger partial charge < -0.3 is 21.9 Å². The molecule has 8 N–H and O–H groups in total. The third-order valence-electron chi connectivity index (χ3n) is 0. The smallest absolute Gasteiger partial charge is 0 e. The summed E-state index contributed by atoms with van der Waals surface area (Å²) in [6.45, 7) is 0. The van der Waals surface area contributed by atoms with E-state index in [0.717, 1.165) is 0 Å². The van der Waals surface area contributed by atoms with Gasteiger partial charge in [-0.1, -0.05) is 37.1 Å². The molecular formula is C5H30O4. The Hall–Kier alpha value is -0.160. The van der Waals surface area contributed by atoms with E-state index in [0.29, 0.717) is 0 Å². The maximum Gasteiger partial charge on any atom is 0 e. The van der Waals surface area contributed by atoms with Gasteiger partial charge in [0.25, 0.3) is 0 Å². The quantitative estimate of drug-likeness (QED) is 0.470. The van der Waals surface area contributed by atoms with Crippen LogP contribution in [0, 0.1) is 0 Å². The maximum absolute atomic E-state index is 0. The van der Waals surface area contributed by atoms with Gasteiger partial charge in [-0.2, -0.15) is 0 Å². The number of hydrogen-bond acceptors (Lipinski definition) is 0. The van der Waals surface area contributed by atoms with Crippen molar-refractivity contribution in [1.29, 1.82) is 0 Å². The second-order valence-electron chi connectivity index (χ2n) is 0. The van der Waals surface area contributed by atoms with E-state index in [-0.39, 0.29) is 60.5 Å². The zero-order valence-electron chi connectivity index (χ0n) is 2.00. The molecule has 0 bridgehead atoms. The molecule has 0 aliphatic rings. The molecule has 0 aliphatic heterocycles. The van der Waals surface area contributed by atoms with Gasteiger partial charge in [0.15, 0.2) is 0 Å². The van der Waals surface area contributed by atoms with E-state index < -0.39 is 0 Å². The Morgan fingerprint density at radius 3 is 0.333 bits per heavy atom. The highest BCUT2D eigenvalue weighted by atomic mass is 16.0. The molecule has 0 amide bonds. The Bertz CT molecular complexity index is 13.6. The van der Waals surface area contributed by atoms with E-state index >= 15 is 0 Å². The molecule has 0 spiro atoms. The van der Waals surface area contributed by atoms with Crippen LogP contribution in [0.5, 0.6) is 0 Å². The third kappa shape index (κ3) is 10400. The van der Waals surface area contributed by atoms with Gasteiger partial charge >= 0.3 is 0 Å². The Kier molecular flexibility index (Phi) is 33800000. The van der Waals surface area contributed by atoms with Crippen LogP contribution in [0.2, 0.25) is 0 Å². The topological polar surface area (TPSA) is 126 Å². The van der Waals surface area contributed by atoms with Crippen molar-refractivity contribution < 1.29 is 23.3 Å². The fraction of sp³-hybridized carbons (Fsp3) is 1.00. The van der Waals surface area contributed by atoms with E-state index in [2.05, 4.69) is 0 Å². The van der Waals surface area contributed by atoms with Crippen LogP contribution in [-0.4, -0.2) is 21.9 Å². The average Bonchev–Trinajstić information content (AvgIpc) is 0. The first kappa shape index (κ1) is 21200. The van der Waals surface area contributed by atoms with Crippen molar-refractivity contribution in [3.05, 3.63) is 0 Å². The summed E-state index contributed by atoms with van der Waals surface area (Å²) in [5.74, 6) is 0. The van der Waals surface area contributed by atoms with Crippen LogP contribution in [0.1, 0.15) is 38.6 Å². The average molecular weight is 154 g/mol. The minimum absolute atomic E-state index is 0. The van der Waals surface area contributed by atoms with Crippen molar-refractivity contribution in [2.75, 3.05) is 0 Å². The van der Waals surface area contributed by atoms with Crippen LogP contribution in [0.25, 0.3) is 0 Å². The summed E-state index contributed by atoms with van der Waals surface area (Å²) < 4.78 is 0. The molecule has 0 rings (SSSR count). The second-order valence-corrected chi connectivity index (χ2v) is 0. The first-order valence-corrected chi connectivity index (χ1v) is 0. The lowest BCUT2D eigenvalue weighted by Gasteiger charge is -0.413. The number of hydrogen-bond donors (Lipinski definition) is 0. The van der Waals surface area contributed by atoms with E-state index in [9.17, 15) is 0 Å². The minimum atomic E-state index is 0. The zero-order valence-corrected chi connectivity index (χ0v) is 2.00. The van der Waals surface area contributed by atoms with Gasteiger partial charge in [-0.25, -0.2) is 0 Å². The summed E-state index contributed by atoms with van der Waals surface area (Å²) in [6, 6.07) is 0. The summed E-state index contributed by atoms with van der Waals surface area (Å²) >= 11 is 0. The minimum Gasteiger partial charge on any atom is -0.412 e. The largest absolute Gasteiger partial charge is 0.412 e. The summed E-state index contributed by atoms with van der Waals surface area (Å²) in [7, 11) is 0. The molecule has 0 heterocycles. The molecule has 0 atom stereocenters. The lowest BCUT2D eigenvalue weighted by Crippen LogP contribution is -0.290. The fourth-order valence-electron chi connectivity index (χ4n) is 0. The molecule has 0 unspecified atom stereocenters. The normalized spacial score (nSPS) is 0. The van der Waals surface area contributed by atoms with Gasteiger partial charge in [0, 0.05) is 1.43 Å². The molecule has 74 valence electrons. The van der Waals surface area contributed by atoms with E-state index in [4.69, 9.17) is 0 Å². The van der Waals surface area contributed by atoms with Crippen LogP contribution >= 0.6 is 0 Å². The SMILES string of the molecule is C.C.C.C.C.O.O.O.O.[HH]. The van der Waals surface area contributed by atoms with E-state index in [1.54, 1.807) is 0 Å². The molecule has 0 radical (unpaired) electrons. The molecule has 4 nitrogen and oxygen atoms in total. The first-order valence-electron chi connectivity index (χ1n) is 0. The van der Waals surface area contributed by atoms with Gasteiger partial charge in [0.2, 0.25) is 0 Å². The highest BCUT2D eigenvalue weighted by Crippen LogP contribution is 0.148. The van der Waals surface area contributed by atoms with E-state index in [1.165, 1.54) is 0 Å². The standard InChI is InChI=1S/5CH4.4H2O.H2/h5*1H4;4*1H2;1H. The summed E-state index contributed by atoms with van der Waals surface area (Å²) in [5.41, 5.74) is 0. The molecule has 0 aromatic heterocycles. The zero-order chi connectivity index (χ0) is 0. The van der Waals surface area contributed by atoms with Gasteiger partial charge in [0.1, 0.15) is 0 Å². The molecule has 0 saturated heterocycles. The predicted octanol–water partition coefficient (Wildman–Crippen LogP) is 0.128. The molecule has 0 aliphatic carbocycles. The Labute approximate surface area is 61.6 Å². The summed E-state index contributed by atoms with van der Waals surface area (Å²) in [6.07, 6.45) is 0. The van der Waals surface area contributed by atoms with Crippen molar-refractivity contribution in [2.24, 2.45) is 0 Å². The first-order chi connectivity index (χ1) is 0. The molecule has 0 fully saturated rings.